The summed E-state index contributed by atoms with van der Waals surface area (Å²) in [5, 5.41) is 3.54. The number of likely N-dealkylation sites (N-methyl/N-ethyl adjacent to an activating group) is 1. The van der Waals surface area contributed by atoms with Crippen LogP contribution in [0.1, 0.15) is 17.2 Å². The van der Waals surface area contributed by atoms with Gasteiger partial charge >= 0.3 is 0 Å². The number of fused-ring (bicyclic) bond motifs is 1. The summed E-state index contributed by atoms with van der Waals surface area (Å²) in [6.07, 6.45) is 0. The van der Waals surface area contributed by atoms with Gasteiger partial charge in [-0.1, -0.05) is 6.07 Å². The van der Waals surface area contributed by atoms with Crippen LogP contribution in [0.3, 0.4) is 0 Å². The highest BCUT2D eigenvalue weighted by molar-refractivity contribution is 5.39. The number of ether oxygens (including phenoxy) is 1. The van der Waals surface area contributed by atoms with Crippen molar-refractivity contribution in [1.82, 2.24) is 15.1 Å². The number of rotatable bonds is 2. The van der Waals surface area contributed by atoms with Crippen LogP contribution in [0.4, 0.5) is 0 Å². The Kier molecular flexibility index (Phi) is 3.73. The van der Waals surface area contributed by atoms with E-state index >= 15 is 0 Å². The normalized spacial score (nSPS) is 25.1. The quantitative estimate of drug-likeness (QED) is 0.862. The minimum atomic E-state index is 0.493. The third-order valence-electron chi connectivity index (χ3n) is 4.34. The molecule has 2 aliphatic heterocycles. The molecule has 0 saturated carbocycles. The second-order valence-electron chi connectivity index (χ2n) is 5.55. The van der Waals surface area contributed by atoms with Gasteiger partial charge in [0.15, 0.2) is 0 Å². The summed E-state index contributed by atoms with van der Waals surface area (Å²) >= 11 is 0. The van der Waals surface area contributed by atoms with Crippen molar-refractivity contribution in [3.8, 4) is 5.75 Å². The largest absolute Gasteiger partial charge is 0.497 e. The Morgan fingerprint density at radius 1 is 1.21 bits per heavy atom. The maximum Gasteiger partial charge on any atom is 0.119 e. The third-order valence-corrected chi connectivity index (χ3v) is 4.34. The van der Waals surface area contributed by atoms with Crippen molar-refractivity contribution >= 4 is 0 Å². The molecule has 0 bridgehead atoms. The first-order valence-electron chi connectivity index (χ1n) is 7.08. The molecule has 0 aliphatic carbocycles. The molecule has 0 amide bonds. The van der Waals surface area contributed by atoms with Crippen LogP contribution in [0.25, 0.3) is 0 Å². The Bertz CT molecular complexity index is 441. The van der Waals surface area contributed by atoms with Gasteiger partial charge in [-0.05, 0) is 30.3 Å². The monoisotopic (exact) mass is 261 g/mol. The van der Waals surface area contributed by atoms with Crippen LogP contribution in [0.15, 0.2) is 18.2 Å². The number of nitrogens with one attached hydrogen (secondary N) is 1. The molecular formula is C15H23N3O. The van der Waals surface area contributed by atoms with Crippen LogP contribution >= 0.6 is 0 Å². The summed E-state index contributed by atoms with van der Waals surface area (Å²) in [4.78, 5) is 5.00. The van der Waals surface area contributed by atoms with E-state index in [1.165, 1.54) is 11.1 Å². The molecule has 0 radical (unpaired) electrons. The summed E-state index contributed by atoms with van der Waals surface area (Å²) in [5.41, 5.74) is 2.86. The van der Waals surface area contributed by atoms with Crippen LogP contribution in [-0.4, -0.2) is 56.7 Å². The van der Waals surface area contributed by atoms with Crippen LogP contribution in [0.5, 0.6) is 5.75 Å². The molecule has 3 rings (SSSR count). The first kappa shape index (κ1) is 12.9. The van der Waals surface area contributed by atoms with Gasteiger partial charge in [0.1, 0.15) is 5.75 Å². The van der Waals surface area contributed by atoms with Crippen LogP contribution in [-0.2, 0) is 6.54 Å². The summed E-state index contributed by atoms with van der Waals surface area (Å²) in [6, 6.07) is 6.97. The van der Waals surface area contributed by atoms with E-state index in [2.05, 4.69) is 40.4 Å². The summed E-state index contributed by atoms with van der Waals surface area (Å²) in [7, 11) is 3.95. The van der Waals surface area contributed by atoms with Crippen LogP contribution < -0.4 is 10.1 Å². The van der Waals surface area contributed by atoms with E-state index in [4.69, 9.17) is 4.74 Å². The molecule has 0 unspecified atom stereocenters. The zero-order valence-electron chi connectivity index (χ0n) is 11.9. The lowest BCUT2D eigenvalue weighted by Gasteiger charge is -2.40. The summed E-state index contributed by atoms with van der Waals surface area (Å²) in [5.74, 6) is 0.972. The maximum atomic E-state index is 5.39. The van der Waals surface area contributed by atoms with Gasteiger partial charge in [0.2, 0.25) is 0 Å². The van der Waals surface area contributed by atoms with E-state index in [0.717, 1.165) is 45.0 Å². The number of piperazine rings is 1. The van der Waals surface area contributed by atoms with Gasteiger partial charge in [0.05, 0.1) is 7.11 Å². The molecule has 2 aliphatic rings. The smallest absolute Gasteiger partial charge is 0.119 e. The van der Waals surface area contributed by atoms with E-state index in [1.54, 1.807) is 7.11 Å². The average molecular weight is 261 g/mol. The Hall–Kier alpha value is -1.10. The predicted molar refractivity (Wildman–Crippen MR) is 76.5 cm³/mol. The van der Waals surface area contributed by atoms with Gasteiger partial charge < -0.3 is 15.0 Å². The van der Waals surface area contributed by atoms with Crippen molar-refractivity contribution in [2.75, 3.05) is 46.9 Å². The first-order valence-corrected chi connectivity index (χ1v) is 7.08. The summed E-state index contributed by atoms with van der Waals surface area (Å²) in [6.45, 7) is 6.65. The Balaban J connectivity index is 1.84. The van der Waals surface area contributed by atoms with Crippen molar-refractivity contribution < 1.29 is 4.74 Å². The zero-order valence-corrected chi connectivity index (χ0v) is 11.9. The standard InChI is InChI=1S/C15H23N3O/c1-17-5-7-18(8-6-17)15-11-16-10-12-3-4-13(19-2)9-14(12)15/h3-4,9,15-16H,5-8,10-11H2,1-2H3/t15-/m1/s1. The molecule has 19 heavy (non-hydrogen) atoms. The predicted octanol–water partition coefficient (Wildman–Crippen LogP) is 1.09. The molecule has 1 aromatic carbocycles. The molecule has 4 nitrogen and oxygen atoms in total. The minimum Gasteiger partial charge on any atom is -0.497 e. The SMILES string of the molecule is COc1ccc2c(c1)[C@H](N1CCN(C)CC1)CNC2. The fraction of sp³-hybridized carbons (Fsp3) is 0.600. The highest BCUT2D eigenvalue weighted by Crippen LogP contribution is 2.30. The van der Waals surface area contributed by atoms with E-state index in [-0.39, 0.29) is 0 Å². The number of nitrogens with zero attached hydrogens (tertiary/aromatic N) is 2. The topological polar surface area (TPSA) is 27.7 Å². The molecule has 1 aromatic rings. The average Bonchev–Trinajstić information content (AvgIpc) is 2.47. The Morgan fingerprint density at radius 3 is 2.74 bits per heavy atom. The molecule has 1 fully saturated rings. The lowest BCUT2D eigenvalue weighted by molar-refractivity contribution is 0.106. The second-order valence-corrected chi connectivity index (χ2v) is 5.55. The molecule has 104 valence electrons. The van der Waals surface area contributed by atoms with E-state index in [1.807, 2.05) is 0 Å². The van der Waals surface area contributed by atoms with Gasteiger partial charge in [-0.2, -0.15) is 0 Å². The van der Waals surface area contributed by atoms with Crippen molar-refractivity contribution in [2.45, 2.75) is 12.6 Å². The van der Waals surface area contributed by atoms with E-state index in [0.29, 0.717) is 6.04 Å². The number of methoxy groups -OCH3 is 1. The zero-order chi connectivity index (χ0) is 13.2. The number of hydrogen-bond donors (Lipinski definition) is 1. The fourth-order valence-electron chi connectivity index (χ4n) is 3.08. The lowest BCUT2D eigenvalue weighted by Crippen LogP contribution is -2.49. The van der Waals surface area contributed by atoms with Gasteiger partial charge in [0.25, 0.3) is 0 Å². The van der Waals surface area contributed by atoms with Crippen molar-refractivity contribution in [3.05, 3.63) is 29.3 Å². The van der Waals surface area contributed by atoms with Gasteiger partial charge in [-0.15, -0.1) is 0 Å². The van der Waals surface area contributed by atoms with Crippen molar-refractivity contribution in [3.63, 3.8) is 0 Å². The van der Waals surface area contributed by atoms with E-state index < -0.39 is 0 Å². The first-order chi connectivity index (χ1) is 9.28. The van der Waals surface area contributed by atoms with Gasteiger partial charge in [0, 0.05) is 45.3 Å². The van der Waals surface area contributed by atoms with Crippen LogP contribution in [0, 0.1) is 0 Å². The van der Waals surface area contributed by atoms with Crippen LogP contribution in [0.2, 0.25) is 0 Å². The molecule has 1 atom stereocenters. The molecule has 0 spiro atoms. The molecule has 4 heteroatoms. The van der Waals surface area contributed by atoms with Crippen molar-refractivity contribution in [1.29, 1.82) is 0 Å². The Morgan fingerprint density at radius 2 is 2.00 bits per heavy atom. The highest BCUT2D eigenvalue weighted by Gasteiger charge is 2.28. The number of benzene rings is 1. The third kappa shape index (κ3) is 2.61. The van der Waals surface area contributed by atoms with Crippen molar-refractivity contribution in [2.24, 2.45) is 0 Å². The minimum absolute atomic E-state index is 0.493. The maximum absolute atomic E-state index is 5.39. The molecular weight excluding hydrogens is 238 g/mol. The molecule has 1 saturated heterocycles. The highest BCUT2D eigenvalue weighted by atomic mass is 16.5. The summed E-state index contributed by atoms with van der Waals surface area (Å²) < 4.78 is 5.39. The second kappa shape index (κ2) is 5.49. The van der Waals surface area contributed by atoms with E-state index in [9.17, 15) is 0 Å². The molecule has 0 aromatic heterocycles. The van der Waals surface area contributed by atoms with Gasteiger partial charge in [-0.3, -0.25) is 4.90 Å². The number of hydrogen-bond acceptors (Lipinski definition) is 4. The fourth-order valence-corrected chi connectivity index (χ4v) is 3.08. The Labute approximate surface area is 115 Å². The van der Waals surface area contributed by atoms with Gasteiger partial charge in [-0.25, -0.2) is 0 Å². The molecule has 2 heterocycles. The lowest BCUT2D eigenvalue weighted by atomic mass is 9.94. The molecule has 1 N–H and O–H groups in total.